The number of hydrogen-bond donors (Lipinski definition) is 3. The minimum atomic E-state index is -3.74. The summed E-state index contributed by atoms with van der Waals surface area (Å²) in [6, 6.07) is 6.03. The third kappa shape index (κ3) is 8.10. The van der Waals surface area contributed by atoms with Crippen LogP contribution in [0.15, 0.2) is 34.2 Å². The molecule has 0 bridgehead atoms. The van der Waals surface area contributed by atoms with E-state index < -0.39 is 21.7 Å². The molecule has 160 valence electrons. The number of ether oxygens (including phenoxy) is 1. The van der Waals surface area contributed by atoms with Crippen molar-refractivity contribution in [3.05, 3.63) is 24.3 Å². The van der Waals surface area contributed by atoms with Gasteiger partial charge in [-0.3, -0.25) is 14.5 Å². The molecule has 1 aliphatic heterocycles. The molecule has 10 heteroatoms. The standard InChI is InChI=1S/C19H28N4O5S/c1-19(2,3)28-18(25)21-12-6-10-17(24)22-14-7-4-8-15(13-14)29(26,27)23-16-9-5-11-20-16/h4,7-8,13H,5-6,9-12H2,1-3H3,(H,20,23)(H,21,25)(H,22,24). The van der Waals surface area contributed by atoms with Crippen LogP contribution >= 0.6 is 0 Å². The van der Waals surface area contributed by atoms with E-state index >= 15 is 0 Å². The number of hydrogen-bond acceptors (Lipinski definition) is 6. The maximum atomic E-state index is 12.4. The quantitative estimate of drug-likeness (QED) is 0.580. The van der Waals surface area contributed by atoms with E-state index in [1.165, 1.54) is 12.1 Å². The number of sulfonamides is 1. The van der Waals surface area contributed by atoms with Crippen LogP contribution in [-0.2, 0) is 19.6 Å². The summed E-state index contributed by atoms with van der Waals surface area (Å²) >= 11 is 0. The van der Waals surface area contributed by atoms with Crippen LogP contribution in [0.2, 0.25) is 0 Å². The highest BCUT2D eigenvalue weighted by Gasteiger charge is 2.19. The average Bonchev–Trinajstić information content (AvgIpc) is 3.10. The number of rotatable bonds is 7. The number of carbonyl (C=O) groups is 2. The second kappa shape index (κ2) is 9.73. The van der Waals surface area contributed by atoms with E-state index in [2.05, 4.69) is 20.3 Å². The molecule has 1 aromatic rings. The second-order valence-electron chi connectivity index (χ2n) is 7.65. The van der Waals surface area contributed by atoms with Gasteiger partial charge in [0.25, 0.3) is 10.0 Å². The van der Waals surface area contributed by atoms with E-state index in [1.54, 1.807) is 32.9 Å². The van der Waals surface area contributed by atoms with E-state index in [4.69, 9.17) is 4.74 Å². The van der Waals surface area contributed by atoms with Gasteiger partial charge in [-0.05, 0) is 51.8 Å². The van der Waals surface area contributed by atoms with Gasteiger partial charge < -0.3 is 15.4 Å². The number of nitrogens with zero attached hydrogens (tertiary/aromatic N) is 1. The van der Waals surface area contributed by atoms with Crippen molar-refractivity contribution in [3.63, 3.8) is 0 Å². The van der Waals surface area contributed by atoms with Crippen molar-refractivity contribution in [2.75, 3.05) is 18.4 Å². The van der Waals surface area contributed by atoms with Crippen molar-refractivity contribution in [2.45, 2.75) is 57.0 Å². The van der Waals surface area contributed by atoms with Crippen LogP contribution in [-0.4, -0.2) is 44.9 Å². The van der Waals surface area contributed by atoms with E-state index in [9.17, 15) is 18.0 Å². The van der Waals surface area contributed by atoms with Gasteiger partial charge in [-0.15, -0.1) is 0 Å². The first-order chi connectivity index (χ1) is 13.5. The van der Waals surface area contributed by atoms with Crippen molar-refractivity contribution >= 4 is 33.5 Å². The zero-order chi connectivity index (χ0) is 21.5. The molecule has 0 radical (unpaired) electrons. The molecular formula is C19H28N4O5S. The zero-order valence-electron chi connectivity index (χ0n) is 16.9. The fourth-order valence-electron chi connectivity index (χ4n) is 2.55. The van der Waals surface area contributed by atoms with Crippen LogP contribution < -0.4 is 15.4 Å². The Morgan fingerprint density at radius 1 is 1.24 bits per heavy atom. The molecule has 2 amide bonds. The zero-order valence-corrected chi connectivity index (χ0v) is 17.8. The molecule has 1 aliphatic rings. The maximum absolute atomic E-state index is 12.4. The molecule has 0 aromatic heterocycles. The van der Waals surface area contributed by atoms with E-state index in [0.717, 1.165) is 6.42 Å². The highest BCUT2D eigenvalue weighted by molar-refractivity contribution is 7.90. The number of anilines is 1. The largest absolute Gasteiger partial charge is 0.444 e. The molecule has 0 unspecified atom stereocenters. The summed E-state index contributed by atoms with van der Waals surface area (Å²) in [6.07, 6.45) is 1.49. The number of carbonyl (C=O) groups excluding carboxylic acids is 2. The number of benzene rings is 1. The molecule has 1 aromatic carbocycles. The van der Waals surface area contributed by atoms with Gasteiger partial charge in [0, 0.05) is 31.6 Å². The van der Waals surface area contributed by atoms with E-state index in [0.29, 0.717) is 37.5 Å². The Labute approximate surface area is 171 Å². The Kier molecular flexibility index (Phi) is 7.60. The van der Waals surface area contributed by atoms with E-state index in [1.807, 2.05) is 0 Å². The molecule has 0 aliphatic carbocycles. The molecule has 0 atom stereocenters. The molecule has 1 heterocycles. The van der Waals surface area contributed by atoms with Crippen LogP contribution in [0.1, 0.15) is 46.5 Å². The Morgan fingerprint density at radius 2 is 2.00 bits per heavy atom. The average molecular weight is 425 g/mol. The van der Waals surface area contributed by atoms with Gasteiger partial charge >= 0.3 is 6.09 Å². The lowest BCUT2D eigenvalue weighted by molar-refractivity contribution is -0.116. The lowest BCUT2D eigenvalue weighted by Gasteiger charge is -2.19. The SMILES string of the molecule is CC(C)(C)OC(=O)NCCCC(=O)Nc1cccc(S(=O)(=O)NC2=NCCC2)c1. The lowest BCUT2D eigenvalue weighted by atomic mass is 10.2. The van der Waals surface area contributed by atoms with Crippen molar-refractivity contribution < 1.29 is 22.7 Å². The smallest absolute Gasteiger partial charge is 0.407 e. The first kappa shape index (κ1) is 22.7. The van der Waals surface area contributed by atoms with Gasteiger partial charge in [-0.25, -0.2) is 13.2 Å². The molecule has 9 nitrogen and oxygen atoms in total. The summed E-state index contributed by atoms with van der Waals surface area (Å²) in [6.45, 7) is 6.22. The van der Waals surface area contributed by atoms with Crippen LogP contribution in [0.25, 0.3) is 0 Å². The molecule has 3 N–H and O–H groups in total. The maximum Gasteiger partial charge on any atom is 0.407 e. The Bertz CT molecular complexity index is 875. The number of aliphatic imine (C=N–C) groups is 1. The van der Waals surface area contributed by atoms with Gasteiger partial charge in [0.2, 0.25) is 5.91 Å². The topological polar surface area (TPSA) is 126 Å². The van der Waals surface area contributed by atoms with Crippen LogP contribution in [0.3, 0.4) is 0 Å². The Hall–Kier alpha value is -2.62. The summed E-state index contributed by atoms with van der Waals surface area (Å²) in [5.41, 5.74) is -0.196. The van der Waals surface area contributed by atoms with Gasteiger partial charge in [0.1, 0.15) is 11.4 Å². The predicted octanol–water partition coefficient (Wildman–Crippen LogP) is 2.40. The molecule has 29 heavy (non-hydrogen) atoms. The molecule has 0 spiro atoms. The minimum Gasteiger partial charge on any atom is -0.444 e. The molecular weight excluding hydrogens is 396 g/mol. The fourth-order valence-corrected chi connectivity index (χ4v) is 3.69. The predicted molar refractivity (Wildman–Crippen MR) is 110 cm³/mol. The molecule has 2 rings (SSSR count). The van der Waals surface area contributed by atoms with Gasteiger partial charge in [-0.1, -0.05) is 6.07 Å². The first-order valence-electron chi connectivity index (χ1n) is 9.48. The van der Waals surface area contributed by atoms with Crippen molar-refractivity contribution in [2.24, 2.45) is 4.99 Å². The Balaban J connectivity index is 1.82. The monoisotopic (exact) mass is 424 g/mol. The number of amidine groups is 1. The summed E-state index contributed by atoms with van der Waals surface area (Å²) in [4.78, 5) is 27.8. The third-order valence-corrected chi connectivity index (χ3v) is 5.18. The van der Waals surface area contributed by atoms with Crippen LogP contribution in [0.4, 0.5) is 10.5 Å². The number of alkyl carbamates (subject to hydrolysis) is 1. The molecule has 0 saturated carbocycles. The summed E-state index contributed by atoms with van der Waals surface area (Å²) in [5, 5.41) is 5.25. The summed E-state index contributed by atoms with van der Waals surface area (Å²) in [5.74, 6) is 0.176. The molecule has 0 fully saturated rings. The van der Waals surface area contributed by atoms with Crippen LogP contribution in [0, 0.1) is 0 Å². The normalized spacial score (nSPS) is 14.1. The van der Waals surface area contributed by atoms with Gasteiger partial charge in [0.05, 0.1) is 4.90 Å². The number of amides is 2. The second-order valence-corrected chi connectivity index (χ2v) is 9.33. The van der Waals surface area contributed by atoms with Crippen molar-refractivity contribution in [3.8, 4) is 0 Å². The third-order valence-electron chi connectivity index (χ3n) is 3.80. The summed E-state index contributed by atoms with van der Waals surface area (Å²) < 4.78 is 32.5. The highest BCUT2D eigenvalue weighted by Crippen LogP contribution is 2.17. The minimum absolute atomic E-state index is 0.0523. The highest BCUT2D eigenvalue weighted by atomic mass is 32.2. The lowest BCUT2D eigenvalue weighted by Crippen LogP contribution is -2.33. The summed E-state index contributed by atoms with van der Waals surface area (Å²) in [7, 11) is -3.74. The Morgan fingerprint density at radius 3 is 2.66 bits per heavy atom. The van der Waals surface area contributed by atoms with Crippen molar-refractivity contribution in [1.82, 2.24) is 10.0 Å². The van der Waals surface area contributed by atoms with Crippen molar-refractivity contribution in [1.29, 1.82) is 0 Å². The van der Waals surface area contributed by atoms with Gasteiger partial charge in [0.15, 0.2) is 0 Å². The number of nitrogens with one attached hydrogen (secondary N) is 3. The fraction of sp³-hybridized carbons (Fsp3) is 0.526. The van der Waals surface area contributed by atoms with Gasteiger partial charge in [-0.2, -0.15) is 0 Å². The first-order valence-corrected chi connectivity index (χ1v) is 11.0. The van der Waals surface area contributed by atoms with E-state index in [-0.39, 0.29) is 17.2 Å². The molecule has 0 saturated heterocycles. The van der Waals surface area contributed by atoms with Crippen LogP contribution in [0.5, 0.6) is 0 Å².